The van der Waals surface area contributed by atoms with Gasteiger partial charge >= 0.3 is 0 Å². The van der Waals surface area contributed by atoms with Crippen LogP contribution >= 0.6 is 24.4 Å². The van der Waals surface area contributed by atoms with E-state index in [1.807, 2.05) is 72.8 Å². The highest BCUT2D eigenvalue weighted by atomic mass is 32.1. The van der Waals surface area contributed by atoms with E-state index in [0.717, 1.165) is 16.4 Å². The zero-order valence-corrected chi connectivity index (χ0v) is 13.1. The summed E-state index contributed by atoms with van der Waals surface area (Å²) in [5.74, 6) is 0. The second-order valence-corrected chi connectivity index (χ2v) is 5.31. The maximum Gasteiger partial charge on any atom is 0.103 e. The number of para-hydroxylation sites is 2. The predicted octanol–water partition coefficient (Wildman–Crippen LogP) is 4.81. The van der Waals surface area contributed by atoms with Crippen molar-refractivity contribution in [2.24, 2.45) is 0 Å². The lowest BCUT2D eigenvalue weighted by Crippen LogP contribution is -2.08. The van der Waals surface area contributed by atoms with Crippen LogP contribution in [0.3, 0.4) is 0 Å². The number of nitrogens with one attached hydrogen (secondary N) is 2. The van der Waals surface area contributed by atoms with Crippen molar-refractivity contribution in [2.75, 3.05) is 10.6 Å². The summed E-state index contributed by atoms with van der Waals surface area (Å²) in [7, 11) is 0. The standard InChI is InChI=1S/C17H16N2S2/c20-16(18-14-8-3-1-4-9-14)12-7-13-17(21)19-15-10-5-2-6-11-15/h1-12H,13H2,(H,18,20)(H,19,21)/b12-7+. The Balaban J connectivity index is 1.77. The highest BCUT2D eigenvalue weighted by molar-refractivity contribution is 7.81. The third-order valence-corrected chi connectivity index (χ3v) is 3.18. The maximum atomic E-state index is 5.29. The van der Waals surface area contributed by atoms with E-state index in [0.29, 0.717) is 11.4 Å². The molecule has 2 aromatic rings. The van der Waals surface area contributed by atoms with Crippen molar-refractivity contribution in [1.82, 2.24) is 0 Å². The summed E-state index contributed by atoms with van der Waals surface area (Å²) in [5, 5.41) is 6.33. The van der Waals surface area contributed by atoms with E-state index in [1.54, 1.807) is 0 Å². The van der Waals surface area contributed by atoms with Gasteiger partial charge in [0.25, 0.3) is 0 Å². The van der Waals surface area contributed by atoms with Crippen LogP contribution in [0.1, 0.15) is 6.42 Å². The molecule has 2 aromatic carbocycles. The van der Waals surface area contributed by atoms with E-state index in [1.165, 1.54) is 0 Å². The molecule has 0 saturated heterocycles. The normalized spacial score (nSPS) is 10.3. The lowest BCUT2D eigenvalue weighted by molar-refractivity contribution is 1.48. The van der Waals surface area contributed by atoms with Gasteiger partial charge in [-0.15, -0.1) is 0 Å². The van der Waals surface area contributed by atoms with Gasteiger partial charge in [0.1, 0.15) is 4.99 Å². The van der Waals surface area contributed by atoms with Gasteiger partial charge < -0.3 is 10.6 Å². The number of hydrogen-bond donors (Lipinski definition) is 2. The molecule has 4 heteroatoms. The molecule has 0 radical (unpaired) electrons. The number of rotatable bonds is 5. The van der Waals surface area contributed by atoms with Gasteiger partial charge in [0.2, 0.25) is 0 Å². The highest BCUT2D eigenvalue weighted by Gasteiger charge is 1.96. The summed E-state index contributed by atoms with van der Waals surface area (Å²) in [6.07, 6.45) is 4.47. The molecule has 0 fully saturated rings. The Morgan fingerprint density at radius 2 is 1.33 bits per heavy atom. The Bertz CT molecular complexity index is 622. The lowest BCUT2D eigenvalue weighted by atomic mass is 10.3. The van der Waals surface area contributed by atoms with Crippen LogP contribution in [0.4, 0.5) is 11.4 Å². The Kier molecular flexibility index (Phi) is 6.06. The summed E-state index contributed by atoms with van der Waals surface area (Å²) in [4.78, 5) is 1.43. The Morgan fingerprint density at radius 3 is 1.90 bits per heavy atom. The van der Waals surface area contributed by atoms with Gasteiger partial charge in [-0.2, -0.15) is 0 Å². The van der Waals surface area contributed by atoms with Gasteiger partial charge in [-0.1, -0.05) is 66.9 Å². The topological polar surface area (TPSA) is 24.1 Å². The third kappa shape index (κ3) is 5.85. The minimum absolute atomic E-state index is 0.654. The molecule has 0 aliphatic rings. The highest BCUT2D eigenvalue weighted by Crippen LogP contribution is 2.07. The monoisotopic (exact) mass is 312 g/mol. The first-order valence-corrected chi connectivity index (χ1v) is 7.43. The van der Waals surface area contributed by atoms with E-state index in [9.17, 15) is 0 Å². The zero-order valence-electron chi connectivity index (χ0n) is 11.5. The van der Waals surface area contributed by atoms with E-state index in [-0.39, 0.29) is 0 Å². The van der Waals surface area contributed by atoms with E-state index in [2.05, 4.69) is 10.6 Å². The van der Waals surface area contributed by atoms with Gasteiger partial charge in [-0.05, 0) is 30.3 Å². The Labute approximate surface area is 135 Å². The molecule has 0 aliphatic heterocycles. The van der Waals surface area contributed by atoms with Crippen LogP contribution in [0, 0.1) is 0 Å². The van der Waals surface area contributed by atoms with Crippen molar-refractivity contribution in [3.8, 4) is 0 Å². The fourth-order valence-electron chi connectivity index (χ4n) is 1.71. The molecule has 0 aliphatic carbocycles. The van der Waals surface area contributed by atoms with E-state index >= 15 is 0 Å². The Hall–Kier alpha value is -2.04. The van der Waals surface area contributed by atoms with Gasteiger partial charge in [-0.3, -0.25) is 0 Å². The molecule has 0 spiro atoms. The fraction of sp³-hybridized carbons (Fsp3) is 0.0588. The number of thiocarbonyl (C=S) groups is 2. The smallest absolute Gasteiger partial charge is 0.103 e. The van der Waals surface area contributed by atoms with E-state index in [4.69, 9.17) is 24.4 Å². The molecule has 106 valence electrons. The number of benzene rings is 2. The number of hydrogen-bond acceptors (Lipinski definition) is 2. The van der Waals surface area contributed by atoms with Crippen molar-refractivity contribution in [3.63, 3.8) is 0 Å². The molecular weight excluding hydrogens is 296 g/mol. The molecule has 2 rings (SSSR count). The molecule has 2 nitrogen and oxygen atoms in total. The quantitative estimate of drug-likeness (QED) is 0.611. The minimum atomic E-state index is 0.654. The first-order valence-electron chi connectivity index (χ1n) is 6.61. The Morgan fingerprint density at radius 1 is 0.810 bits per heavy atom. The maximum absolute atomic E-state index is 5.29. The summed E-state index contributed by atoms with van der Waals surface area (Å²) in [6, 6.07) is 19.7. The van der Waals surface area contributed by atoms with Crippen LogP contribution in [-0.2, 0) is 0 Å². The molecule has 0 atom stereocenters. The fourth-order valence-corrected chi connectivity index (χ4v) is 2.14. The average Bonchev–Trinajstić information content (AvgIpc) is 2.49. The predicted molar refractivity (Wildman–Crippen MR) is 99.1 cm³/mol. The first-order chi connectivity index (χ1) is 10.2. The van der Waals surface area contributed by atoms with Crippen LogP contribution in [0.2, 0.25) is 0 Å². The van der Waals surface area contributed by atoms with Crippen molar-refractivity contribution in [3.05, 3.63) is 72.8 Å². The molecule has 0 aromatic heterocycles. The first kappa shape index (κ1) is 15.4. The molecule has 0 heterocycles. The summed E-state index contributed by atoms with van der Waals surface area (Å²) in [5.41, 5.74) is 1.98. The average molecular weight is 312 g/mol. The summed E-state index contributed by atoms with van der Waals surface area (Å²) >= 11 is 10.5. The van der Waals surface area contributed by atoms with Crippen molar-refractivity contribution in [1.29, 1.82) is 0 Å². The second kappa shape index (κ2) is 8.29. The van der Waals surface area contributed by atoms with Gasteiger partial charge in [0.15, 0.2) is 0 Å². The van der Waals surface area contributed by atoms with E-state index < -0.39 is 0 Å². The lowest BCUT2D eigenvalue weighted by Gasteiger charge is -2.06. The van der Waals surface area contributed by atoms with Crippen LogP contribution in [0.15, 0.2) is 72.8 Å². The summed E-state index contributed by atoms with van der Waals surface area (Å²) in [6.45, 7) is 0. The van der Waals surface area contributed by atoms with Crippen LogP contribution in [0.25, 0.3) is 0 Å². The summed E-state index contributed by atoms with van der Waals surface area (Å²) < 4.78 is 0. The molecule has 0 saturated carbocycles. The molecule has 2 N–H and O–H groups in total. The minimum Gasteiger partial charge on any atom is -0.350 e. The van der Waals surface area contributed by atoms with Crippen LogP contribution in [-0.4, -0.2) is 9.98 Å². The second-order valence-electron chi connectivity index (χ2n) is 4.38. The molecule has 0 amide bonds. The third-order valence-electron chi connectivity index (χ3n) is 2.67. The van der Waals surface area contributed by atoms with Crippen LogP contribution in [0.5, 0.6) is 0 Å². The van der Waals surface area contributed by atoms with Crippen LogP contribution < -0.4 is 10.6 Å². The molecule has 0 unspecified atom stereocenters. The molecule has 21 heavy (non-hydrogen) atoms. The van der Waals surface area contributed by atoms with Gasteiger partial charge in [-0.25, -0.2) is 0 Å². The molecular formula is C17H16N2S2. The van der Waals surface area contributed by atoms with Crippen molar-refractivity contribution < 1.29 is 0 Å². The zero-order chi connectivity index (χ0) is 14.9. The van der Waals surface area contributed by atoms with Crippen molar-refractivity contribution >= 4 is 45.8 Å². The van der Waals surface area contributed by atoms with Gasteiger partial charge in [0, 0.05) is 17.8 Å². The number of anilines is 2. The van der Waals surface area contributed by atoms with Crippen molar-refractivity contribution in [2.45, 2.75) is 6.42 Å². The largest absolute Gasteiger partial charge is 0.350 e. The SMILES string of the molecule is S=C(/C=C/CC(=S)Nc1ccccc1)Nc1ccccc1. The molecule has 0 bridgehead atoms. The van der Waals surface area contributed by atoms with Gasteiger partial charge in [0.05, 0.1) is 4.99 Å².